The first-order valence-electron chi connectivity index (χ1n) is 6.21. The molecule has 20 heavy (non-hydrogen) atoms. The van der Waals surface area contributed by atoms with E-state index in [0.29, 0.717) is 6.61 Å². The molecule has 1 aromatic heterocycles. The van der Waals surface area contributed by atoms with Crippen LogP contribution < -0.4 is 15.9 Å². The molecule has 0 unspecified atom stereocenters. The number of aromatic amines is 1. The standard InChI is InChI=1S/C13H15N5O2/c1-2-7-20-11-5-3-10(4-6-11)8-14-17-12-9-15-18-13(19)16-12/h3-6,8-9H,2,7H2,1H3,(H2,16,17,18,19)/b14-8+. The van der Waals surface area contributed by atoms with Gasteiger partial charge in [0.1, 0.15) is 5.75 Å². The Balaban J connectivity index is 1.92. The first kappa shape index (κ1) is 13.7. The van der Waals surface area contributed by atoms with Crippen molar-refractivity contribution >= 4 is 12.0 Å². The van der Waals surface area contributed by atoms with Gasteiger partial charge in [-0.15, -0.1) is 0 Å². The maximum absolute atomic E-state index is 10.9. The summed E-state index contributed by atoms with van der Waals surface area (Å²) in [6.07, 6.45) is 3.97. The summed E-state index contributed by atoms with van der Waals surface area (Å²) in [7, 11) is 0. The predicted molar refractivity (Wildman–Crippen MR) is 76.1 cm³/mol. The predicted octanol–water partition coefficient (Wildman–Crippen LogP) is 1.40. The van der Waals surface area contributed by atoms with Gasteiger partial charge in [0.25, 0.3) is 0 Å². The molecule has 2 rings (SSSR count). The lowest BCUT2D eigenvalue weighted by Gasteiger charge is -2.03. The number of aromatic nitrogens is 3. The lowest BCUT2D eigenvalue weighted by atomic mass is 10.2. The second-order valence-corrected chi connectivity index (χ2v) is 3.96. The molecule has 2 N–H and O–H groups in total. The fourth-order valence-electron chi connectivity index (χ4n) is 1.41. The third kappa shape index (κ3) is 4.20. The highest BCUT2D eigenvalue weighted by Crippen LogP contribution is 2.11. The molecule has 0 aliphatic carbocycles. The van der Waals surface area contributed by atoms with E-state index in [2.05, 4.69) is 32.6 Å². The summed E-state index contributed by atoms with van der Waals surface area (Å²) in [5, 5.41) is 9.75. The van der Waals surface area contributed by atoms with Gasteiger partial charge in [-0.1, -0.05) is 6.92 Å². The average Bonchev–Trinajstić information content (AvgIpc) is 2.46. The Morgan fingerprint density at radius 3 is 2.90 bits per heavy atom. The Kier molecular flexibility index (Phi) is 4.82. The van der Waals surface area contributed by atoms with Crippen molar-refractivity contribution in [2.45, 2.75) is 13.3 Å². The van der Waals surface area contributed by atoms with Crippen LogP contribution in [0, 0.1) is 0 Å². The molecule has 0 aliphatic rings. The fraction of sp³-hybridized carbons (Fsp3) is 0.231. The van der Waals surface area contributed by atoms with E-state index in [0.717, 1.165) is 17.7 Å². The van der Waals surface area contributed by atoms with E-state index in [1.54, 1.807) is 6.21 Å². The molecule has 0 saturated carbocycles. The van der Waals surface area contributed by atoms with Crippen LogP contribution in [0.25, 0.3) is 0 Å². The molecule has 0 amide bonds. The lowest BCUT2D eigenvalue weighted by molar-refractivity contribution is 0.317. The molecule has 1 aromatic carbocycles. The monoisotopic (exact) mass is 273 g/mol. The van der Waals surface area contributed by atoms with Crippen molar-refractivity contribution in [1.29, 1.82) is 0 Å². The number of H-pyrrole nitrogens is 1. The minimum Gasteiger partial charge on any atom is -0.494 e. The zero-order valence-electron chi connectivity index (χ0n) is 11.0. The minimum absolute atomic E-state index is 0.285. The summed E-state index contributed by atoms with van der Waals surface area (Å²) >= 11 is 0. The SMILES string of the molecule is CCCOc1ccc(/C=N/Nc2cn[nH]c(=O)n2)cc1. The van der Waals surface area contributed by atoms with Crippen molar-refractivity contribution in [2.24, 2.45) is 5.10 Å². The van der Waals surface area contributed by atoms with E-state index in [1.165, 1.54) is 6.20 Å². The first-order chi connectivity index (χ1) is 9.78. The summed E-state index contributed by atoms with van der Waals surface area (Å²) in [5.74, 6) is 1.12. The summed E-state index contributed by atoms with van der Waals surface area (Å²) in [4.78, 5) is 14.5. The Bertz CT molecular complexity index is 621. The van der Waals surface area contributed by atoms with Crippen LogP contribution in [0.1, 0.15) is 18.9 Å². The Labute approximate surface area is 115 Å². The van der Waals surface area contributed by atoms with E-state index >= 15 is 0 Å². The number of benzene rings is 1. The van der Waals surface area contributed by atoms with Crippen molar-refractivity contribution in [3.8, 4) is 5.75 Å². The van der Waals surface area contributed by atoms with Crippen molar-refractivity contribution in [1.82, 2.24) is 15.2 Å². The van der Waals surface area contributed by atoms with Crippen LogP contribution in [0.15, 0.2) is 40.4 Å². The van der Waals surface area contributed by atoms with Gasteiger partial charge in [0.05, 0.1) is 19.0 Å². The van der Waals surface area contributed by atoms with E-state index in [4.69, 9.17) is 4.74 Å². The summed E-state index contributed by atoms with van der Waals surface area (Å²) < 4.78 is 5.48. The van der Waals surface area contributed by atoms with Gasteiger partial charge in [-0.05, 0) is 36.2 Å². The topological polar surface area (TPSA) is 92.3 Å². The first-order valence-corrected chi connectivity index (χ1v) is 6.21. The zero-order chi connectivity index (χ0) is 14.2. The van der Waals surface area contributed by atoms with Crippen LogP contribution in [0.3, 0.4) is 0 Å². The molecule has 0 aliphatic heterocycles. The second kappa shape index (κ2) is 7.03. The van der Waals surface area contributed by atoms with Gasteiger partial charge < -0.3 is 4.74 Å². The Morgan fingerprint density at radius 1 is 1.40 bits per heavy atom. The molecule has 7 nitrogen and oxygen atoms in total. The number of hydrogen-bond donors (Lipinski definition) is 2. The molecule has 0 radical (unpaired) electrons. The molecule has 0 spiro atoms. The van der Waals surface area contributed by atoms with E-state index < -0.39 is 5.69 Å². The number of rotatable bonds is 6. The molecule has 7 heteroatoms. The van der Waals surface area contributed by atoms with Crippen LogP contribution >= 0.6 is 0 Å². The third-order valence-electron chi connectivity index (χ3n) is 2.31. The number of ether oxygens (including phenoxy) is 1. The van der Waals surface area contributed by atoms with Gasteiger partial charge in [0, 0.05) is 0 Å². The van der Waals surface area contributed by atoms with Gasteiger partial charge in [0.15, 0.2) is 5.82 Å². The number of nitrogens with zero attached hydrogens (tertiary/aromatic N) is 3. The van der Waals surface area contributed by atoms with Gasteiger partial charge in [-0.2, -0.15) is 15.2 Å². The van der Waals surface area contributed by atoms with Crippen LogP contribution in [-0.4, -0.2) is 28.0 Å². The Hall–Kier alpha value is -2.70. The van der Waals surface area contributed by atoms with Crippen LogP contribution in [0.4, 0.5) is 5.82 Å². The number of hydrazone groups is 1. The molecule has 1 heterocycles. The highest BCUT2D eigenvalue weighted by molar-refractivity contribution is 5.80. The summed E-state index contributed by atoms with van der Waals surface area (Å²) in [5.41, 5.74) is 3.00. The Morgan fingerprint density at radius 2 is 2.20 bits per heavy atom. The van der Waals surface area contributed by atoms with E-state index in [-0.39, 0.29) is 5.82 Å². The summed E-state index contributed by atoms with van der Waals surface area (Å²) in [6.45, 7) is 2.76. The quantitative estimate of drug-likeness (QED) is 0.613. The lowest BCUT2D eigenvalue weighted by Crippen LogP contribution is -2.13. The van der Waals surface area contributed by atoms with Crippen molar-refractivity contribution in [3.05, 3.63) is 46.5 Å². The van der Waals surface area contributed by atoms with Crippen LogP contribution in [0.2, 0.25) is 0 Å². The molecule has 0 bridgehead atoms. The molecule has 0 saturated heterocycles. The van der Waals surface area contributed by atoms with Gasteiger partial charge in [0.2, 0.25) is 0 Å². The van der Waals surface area contributed by atoms with Crippen LogP contribution in [-0.2, 0) is 0 Å². The normalized spacial score (nSPS) is 10.7. The maximum atomic E-state index is 10.9. The maximum Gasteiger partial charge on any atom is 0.363 e. The van der Waals surface area contributed by atoms with E-state index in [9.17, 15) is 4.79 Å². The summed E-state index contributed by atoms with van der Waals surface area (Å²) in [6, 6.07) is 7.54. The molecule has 0 fully saturated rings. The molecular weight excluding hydrogens is 258 g/mol. The third-order valence-corrected chi connectivity index (χ3v) is 2.31. The number of nitrogens with one attached hydrogen (secondary N) is 2. The highest BCUT2D eigenvalue weighted by Gasteiger charge is 1.94. The average molecular weight is 273 g/mol. The second-order valence-electron chi connectivity index (χ2n) is 3.96. The van der Waals surface area contributed by atoms with Crippen molar-refractivity contribution in [2.75, 3.05) is 12.0 Å². The number of anilines is 1. The molecule has 104 valence electrons. The smallest absolute Gasteiger partial charge is 0.363 e. The highest BCUT2D eigenvalue weighted by atomic mass is 16.5. The van der Waals surface area contributed by atoms with Gasteiger partial charge in [-0.3, -0.25) is 5.43 Å². The zero-order valence-corrected chi connectivity index (χ0v) is 11.0. The minimum atomic E-state index is -0.525. The van der Waals surface area contributed by atoms with Crippen LogP contribution in [0.5, 0.6) is 5.75 Å². The van der Waals surface area contributed by atoms with Crippen molar-refractivity contribution < 1.29 is 4.74 Å². The number of hydrogen-bond acceptors (Lipinski definition) is 6. The molecule has 2 aromatic rings. The largest absolute Gasteiger partial charge is 0.494 e. The van der Waals surface area contributed by atoms with Crippen molar-refractivity contribution in [3.63, 3.8) is 0 Å². The molecule has 0 atom stereocenters. The van der Waals surface area contributed by atoms with Gasteiger partial charge in [-0.25, -0.2) is 9.89 Å². The van der Waals surface area contributed by atoms with Gasteiger partial charge >= 0.3 is 5.69 Å². The fourth-order valence-corrected chi connectivity index (χ4v) is 1.41. The molecular formula is C13H15N5O2. The van der Waals surface area contributed by atoms with E-state index in [1.807, 2.05) is 24.3 Å².